The van der Waals surface area contributed by atoms with E-state index in [-0.39, 0.29) is 29.8 Å². The Bertz CT molecular complexity index is 772. The van der Waals surface area contributed by atoms with Gasteiger partial charge in [-0.25, -0.2) is 9.78 Å². The molecule has 0 atom stereocenters. The predicted octanol–water partition coefficient (Wildman–Crippen LogP) is 2.73. The van der Waals surface area contributed by atoms with Crippen molar-refractivity contribution in [1.29, 1.82) is 0 Å². The average Bonchev–Trinajstić information content (AvgIpc) is 3.45. The molecule has 0 unspecified atom stereocenters. The molecule has 0 aliphatic heterocycles. The Labute approximate surface area is 146 Å². The van der Waals surface area contributed by atoms with Crippen molar-refractivity contribution < 1.29 is 19.4 Å². The molecule has 2 aromatic rings. The zero-order valence-corrected chi connectivity index (χ0v) is 14.0. The highest BCUT2D eigenvalue weighted by atomic mass is 16.5. The lowest BCUT2D eigenvalue weighted by molar-refractivity contribution is 0.0663. The van der Waals surface area contributed by atoms with Crippen molar-refractivity contribution in [3.8, 4) is 0 Å². The van der Waals surface area contributed by atoms with Crippen LogP contribution in [0.15, 0.2) is 42.6 Å². The lowest BCUT2D eigenvalue weighted by Gasteiger charge is -2.23. The zero-order chi connectivity index (χ0) is 17.8. The quantitative estimate of drug-likeness (QED) is 0.838. The minimum Gasteiger partial charge on any atom is -0.478 e. The van der Waals surface area contributed by atoms with Gasteiger partial charge in [-0.3, -0.25) is 4.79 Å². The van der Waals surface area contributed by atoms with E-state index in [9.17, 15) is 14.7 Å². The summed E-state index contributed by atoms with van der Waals surface area (Å²) >= 11 is 0. The molecule has 0 saturated heterocycles. The van der Waals surface area contributed by atoms with Gasteiger partial charge in [-0.2, -0.15) is 0 Å². The van der Waals surface area contributed by atoms with Crippen LogP contribution in [-0.2, 0) is 17.9 Å². The molecule has 25 heavy (non-hydrogen) atoms. The van der Waals surface area contributed by atoms with Crippen LogP contribution in [0, 0.1) is 0 Å². The number of benzene rings is 1. The average molecular weight is 340 g/mol. The minimum atomic E-state index is -1.16. The number of hydrogen-bond acceptors (Lipinski definition) is 4. The fourth-order valence-corrected chi connectivity index (χ4v) is 2.76. The van der Waals surface area contributed by atoms with Crippen molar-refractivity contribution in [2.24, 2.45) is 0 Å². The number of carboxylic acids is 1. The largest absolute Gasteiger partial charge is 0.478 e. The molecule has 1 saturated carbocycles. The molecule has 1 aromatic heterocycles. The highest BCUT2D eigenvalue weighted by Gasteiger charge is 2.35. The Hall–Kier alpha value is -2.73. The van der Waals surface area contributed by atoms with Gasteiger partial charge in [0.1, 0.15) is 5.69 Å². The molecule has 1 amide bonds. The van der Waals surface area contributed by atoms with Crippen molar-refractivity contribution >= 4 is 11.9 Å². The van der Waals surface area contributed by atoms with Gasteiger partial charge < -0.3 is 14.7 Å². The van der Waals surface area contributed by atoms with Gasteiger partial charge in [0.05, 0.1) is 12.2 Å². The number of aromatic carboxylic acids is 1. The SMILES string of the molecule is COCc1cnc(C(=O)N(Cc2ccccc2)C2CC2)c(C(=O)O)c1. The number of rotatable bonds is 7. The summed E-state index contributed by atoms with van der Waals surface area (Å²) in [5.41, 5.74) is 1.53. The summed E-state index contributed by atoms with van der Waals surface area (Å²) < 4.78 is 5.01. The molecule has 1 fully saturated rings. The van der Waals surface area contributed by atoms with E-state index in [1.165, 1.54) is 19.4 Å². The van der Waals surface area contributed by atoms with Crippen molar-refractivity contribution in [2.45, 2.75) is 32.0 Å². The maximum atomic E-state index is 13.0. The highest BCUT2D eigenvalue weighted by Crippen LogP contribution is 2.30. The van der Waals surface area contributed by atoms with Gasteiger partial charge in [-0.1, -0.05) is 30.3 Å². The third kappa shape index (κ3) is 4.03. The number of carbonyl (C=O) groups is 2. The Kier molecular flexibility index (Phi) is 5.09. The molecule has 6 nitrogen and oxygen atoms in total. The maximum absolute atomic E-state index is 13.0. The number of pyridine rings is 1. The number of nitrogens with zero attached hydrogens (tertiary/aromatic N) is 2. The molecule has 0 spiro atoms. The Morgan fingerprint density at radius 1 is 1.24 bits per heavy atom. The van der Waals surface area contributed by atoms with E-state index in [1.807, 2.05) is 30.3 Å². The third-order valence-corrected chi connectivity index (χ3v) is 4.13. The molecular formula is C19H20N2O4. The van der Waals surface area contributed by atoms with Gasteiger partial charge >= 0.3 is 5.97 Å². The van der Waals surface area contributed by atoms with Crippen LogP contribution >= 0.6 is 0 Å². The fourth-order valence-electron chi connectivity index (χ4n) is 2.76. The summed E-state index contributed by atoms with van der Waals surface area (Å²) in [6.07, 6.45) is 3.36. The summed E-state index contributed by atoms with van der Waals surface area (Å²) in [4.78, 5) is 30.5. The second-order valence-corrected chi connectivity index (χ2v) is 6.13. The molecule has 3 rings (SSSR count). The van der Waals surface area contributed by atoms with Crippen LogP contribution < -0.4 is 0 Å². The molecule has 0 radical (unpaired) electrons. The van der Waals surface area contributed by atoms with Crippen molar-refractivity contribution in [1.82, 2.24) is 9.88 Å². The fraction of sp³-hybridized carbons (Fsp3) is 0.316. The van der Waals surface area contributed by atoms with E-state index < -0.39 is 5.97 Å². The molecule has 130 valence electrons. The van der Waals surface area contributed by atoms with E-state index in [0.717, 1.165) is 18.4 Å². The summed E-state index contributed by atoms with van der Waals surface area (Å²) in [5.74, 6) is -1.50. The molecule has 1 N–H and O–H groups in total. The van der Waals surface area contributed by atoms with Crippen LogP contribution in [-0.4, -0.2) is 40.0 Å². The van der Waals surface area contributed by atoms with E-state index in [1.54, 1.807) is 4.90 Å². The number of amides is 1. The Morgan fingerprint density at radius 2 is 1.96 bits per heavy atom. The van der Waals surface area contributed by atoms with Gasteiger partial charge in [-0.15, -0.1) is 0 Å². The summed E-state index contributed by atoms with van der Waals surface area (Å²) in [5, 5.41) is 9.48. The van der Waals surface area contributed by atoms with E-state index in [2.05, 4.69) is 4.98 Å². The lowest BCUT2D eigenvalue weighted by atomic mass is 10.1. The molecule has 1 aliphatic rings. The van der Waals surface area contributed by atoms with Gasteiger partial charge in [0.25, 0.3) is 5.91 Å². The number of carbonyl (C=O) groups excluding carboxylic acids is 1. The van der Waals surface area contributed by atoms with Crippen molar-refractivity contribution in [2.75, 3.05) is 7.11 Å². The first kappa shape index (κ1) is 17.1. The molecule has 0 bridgehead atoms. The second-order valence-electron chi connectivity index (χ2n) is 6.13. The topological polar surface area (TPSA) is 79.7 Å². The van der Waals surface area contributed by atoms with Crippen LogP contribution in [0.5, 0.6) is 0 Å². The first-order valence-corrected chi connectivity index (χ1v) is 8.16. The van der Waals surface area contributed by atoms with Crippen LogP contribution in [0.3, 0.4) is 0 Å². The third-order valence-electron chi connectivity index (χ3n) is 4.13. The highest BCUT2D eigenvalue weighted by molar-refractivity contribution is 6.03. The molecule has 1 aromatic carbocycles. The van der Waals surface area contributed by atoms with Crippen LogP contribution in [0.2, 0.25) is 0 Å². The molecule has 1 heterocycles. The van der Waals surface area contributed by atoms with Gasteiger partial charge in [0.15, 0.2) is 0 Å². The maximum Gasteiger partial charge on any atom is 0.338 e. The second kappa shape index (κ2) is 7.44. The summed E-state index contributed by atoms with van der Waals surface area (Å²) in [6.45, 7) is 0.697. The molecule has 6 heteroatoms. The molecule has 1 aliphatic carbocycles. The number of ether oxygens (including phenoxy) is 1. The van der Waals surface area contributed by atoms with Crippen molar-refractivity contribution in [3.05, 3.63) is 65.0 Å². The van der Waals surface area contributed by atoms with Crippen LogP contribution in [0.1, 0.15) is 44.8 Å². The first-order valence-electron chi connectivity index (χ1n) is 8.16. The summed E-state index contributed by atoms with van der Waals surface area (Å²) in [7, 11) is 1.52. The van der Waals surface area contributed by atoms with Gasteiger partial charge in [0.2, 0.25) is 0 Å². The van der Waals surface area contributed by atoms with E-state index in [4.69, 9.17) is 4.74 Å². The zero-order valence-electron chi connectivity index (χ0n) is 14.0. The minimum absolute atomic E-state index is 0.0183. The summed E-state index contributed by atoms with van der Waals surface area (Å²) in [6, 6.07) is 11.3. The van der Waals surface area contributed by atoms with Crippen LogP contribution in [0.25, 0.3) is 0 Å². The number of carboxylic acid groups (broad SMARTS) is 1. The number of methoxy groups -OCH3 is 1. The monoisotopic (exact) mass is 340 g/mol. The first-order chi connectivity index (χ1) is 12.1. The van der Waals surface area contributed by atoms with Gasteiger partial charge in [0, 0.05) is 25.9 Å². The predicted molar refractivity (Wildman–Crippen MR) is 91.2 cm³/mol. The molecular weight excluding hydrogens is 320 g/mol. The Balaban J connectivity index is 1.90. The van der Waals surface area contributed by atoms with Crippen LogP contribution in [0.4, 0.5) is 0 Å². The lowest BCUT2D eigenvalue weighted by Crippen LogP contribution is -2.34. The standard InChI is InChI=1S/C19H20N2O4/c1-25-12-14-9-16(19(23)24)17(20-10-14)18(22)21(15-7-8-15)11-13-5-3-2-4-6-13/h2-6,9-10,15H,7-8,11-12H2,1H3,(H,23,24). The van der Waals surface area contributed by atoms with E-state index >= 15 is 0 Å². The van der Waals surface area contributed by atoms with E-state index in [0.29, 0.717) is 12.1 Å². The number of hydrogen-bond donors (Lipinski definition) is 1. The normalized spacial score (nSPS) is 13.5. The van der Waals surface area contributed by atoms with Crippen molar-refractivity contribution in [3.63, 3.8) is 0 Å². The number of aromatic nitrogens is 1. The van der Waals surface area contributed by atoms with Gasteiger partial charge in [-0.05, 0) is 30.0 Å². The Morgan fingerprint density at radius 3 is 2.56 bits per heavy atom. The smallest absolute Gasteiger partial charge is 0.338 e.